The maximum absolute atomic E-state index is 13.1. The number of para-hydroxylation sites is 2. The second-order valence-electron chi connectivity index (χ2n) is 6.32. The second kappa shape index (κ2) is 7.28. The van der Waals surface area contributed by atoms with Gasteiger partial charge in [0.2, 0.25) is 5.91 Å². The molecule has 0 radical (unpaired) electrons. The molecule has 0 saturated heterocycles. The summed E-state index contributed by atoms with van der Waals surface area (Å²) in [6.45, 7) is 0.840. The highest BCUT2D eigenvalue weighted by molar-refractivity contribution is 7.09. The average Bonchev–Trinajstić information content (AvgIpc) is 3.41. The van der Waals surface area contributed by atoms with E-state index in [0.717, 1.165) is 15.9 Å². The zero-order chi connectivity index (χ0) is 18.8. The first-order chi connectivity index (χ1) is 13.1. The van der Waals surface area contributed by atoms with Gasteiger partial charge in [-0.05, 0) is 35.7 Å². The number of hydrogen-bond acceptors (Lipinski definition) is 4. The van der Waals surface area contributed by atoms with Crippen LogP contribution in [-0.2, 0) is 31.5 Å². The smallest absolute Gasteiger partial charge is 0.329 e. The molecule has 7 heteroatoms. The zero-order valence-corrected chi connectivity index (χ0v) is 15.7. The Morgan fingerprint density at radius 1 is 1.07 bits per heavy atom. The normalized spacial score (nSPS) is 11.1. The molecule has 0 spiro atoms. The first-order valence-electron chi connectivity index (χ1n) is 8.60. The lowest BCUT2D eigenvalue weighted by molar-refractivity contribution is -0.133. The van der Waals surface area contributed by atoms with E-state index in [4.69, 9.17) is 4.42 Å². The summed E-state index contributed by atoms with van der Waals surface area (Å²) in [5.41, 5.74) is 1.37. The third kappa shape index (κ3) is 3.46. The number of carbonyl (C=O) groups is 1. The molecule has 0 aliphatic rings. The van der Waals surface area contributed by atoms with E-state index in [1.807, 2.05) is 47.8 Å². The minimum Gasteiger partial charge on any atom is -0.467 e. The Kier molecular flexibility index (Phi) is 4.68. The molecule has 0 aliphatic heterocycles. The van der Waals surface area contributed by atoms with Gasteiger partial charge in [-0.25, -0.2) is 4.79 Å². The summed E-state index contributed by atoms with van der Waals surface area (Å²) in [6.07, 6.45) is 1.60. The molecule has 1 amide bonds. The summed E-state index contributed by atoms with van der Waals surface area (Å²) in [4.78, 5) is 28.5. The zero-order valence-electron chi connectivity index (χ0n) is 14.9. The molecular weight excluding hydrogens is 362 g/mol. The Morgan fingerprint density at radius 2 is 1.89 bits per heavy atom. The van der Waals surface area contributed by atoms with Crippen LogP contribution in [0.25, 0.3) is 11.0 Å². The van der Waals surface area contributed by atoms with Crippen molar-refractivity contribution in [1.82, 2.24) is 14.0 Å². The van der Waals surface area contributed by atoms with E-state index in [9.17, 15) is 9.59 Å². The summed E-state index contributed by atoms with van der Waals surface area (Å²) in [5, 5.41) is 1.99. The van der Waals surface area contributed by atoms with Crippen molar-refractivity contribution in [3.63, 3.8) is 0 Å². The molecule has 27 heavy (non-hydrogen) atoms. The molecule has 0 unspecified atom stereocenters. The Labute approximate surface area is 159 Å². The fourth-order valence-electron chi connectivity index (χ4n) is 3.16. The monoisotopic (exact) mass is 381 g/mol. The average molecular weight is 381 g/mol. The minimum absolute atomic E-state index is 0.00767. The molecule has 0 atom stereocenters. The van der Waals surface area contributed by atoms with Gasteiger partial charge >= 0.3 is 5.69 Å². The molecule has 6 nitrogen and oxygen atoms in total. The summed E-state index contributed by atoms with van der Waals surface area (Å²) in [7, 11) is 1.72. The quantitative estimate of drug-likeness (QED) is 0.515. The van der Waals surface area contributed by atoms with E-state index < -0.39 is 0 Å². The first-order valence-corrected chi connectivity index (χ1v) is 9.48. The van der Waals surface area contributed by atoms with Crippen LogP contribution in [0.1, 0.15) is 10.6 Å². The van der Waals surface area contributed by atoms with E-state index >= 15 is 0 Å². The third-order valence-electron chi connectivity index (χ3n) is 4.55. The molecule has 0 saturated carbocycles. The molecule has 138 valence electrons. The summed E-state index contributed by atoms with van der Waals surface area (Å²) < 4.78 is 8.52. The fourth-order valence-corrected chi connectivity index (χ4v) is 3.88. The van der Waals surface area contributed by atoms with Crippen molar-refractivity contribution in [3.8, 4) is 0 Å². The lowest BCUT2D eigenvalue weighted by atomic mass is 10.3. The van der Waals surface area contributed by atoms with Crippen molar-refractivity contribution < 1.29 is 9.21 Å². The molecule has 1 aromatic carbocycles. The molecule has 4 aromatic rings. The van der Waals surface area contributed by atoms with Crippen molar-refractivity contribution in [1.29, 1.82) is 0 Å². The first kappa shape index (κ1) is 17.4. The molecule has 0 bridgehead atoms. The Hall–Kier alpha value is -3.06. The van der Waals surface area contributed by atoms with Crippen LogP contribution in [0.4, 0.5) is 0 Å². The van der Waals surface area contributed by atoms with Crippen molar-refractivity contribution in [2.45, 2.75) is 19.6 Å². The fraction of sp³-hybridized carbons (Fsp3) is 0.200. The van der Waals surface area contributed by atoms with Gasteiger partial charge in [-0.3, -0.25) is 13.9 Å². The van der Waals surface area contributed by atoms with E-state index in [2.05, 4.69) is 0 Å². The van der Waals surface area contributed by atoms with E-state index in [1.165, 1.54) is 4.57 Å². The Balaban J connectivity index is 1.64. The Morgan fingerprint density at radius 3 is 2.59 bits per heavy atom. The van der Waals surface area contributed by atoms with Crippen molar-refractivity contribution in [2.75, 3.05) is 0 Å². The van der Waals surface area contributed by atoms with Gasteiger partial charge in [-0.1, -0.05) is 18.2 Å². The van der Waals surface area contributed by atoms with Crippen LogP contribution >= 0.6 is 11.3 Å². The van der Waals surface area contributed by atoms with Gasteiger partial charge in [0.15, 0.2) is 0 Å². The van der Waals surface area contributed by atoms with E-state index in [1.54, 1.807) is 40.2 Å². The third-order valence-corrected chi connectivity index (χ3v) is 5.41. The van der Waals surface area contributed by atoms with Crippen LogP contribution in [0.2, 0.25) is 0 Å². The van der Waals surface area contributed by atoms with Gasteiger partial charge in [0.05, 0.1) is 30.4 Å². The number of amides is 1. The number of fused-ring (bicyclic) bond motifs is 1. The maximum Gasteiger partial charge on any atom is 0.329 e. The highest BCUT2D eigenvalue weighted by Crippen LogP contribution is 2.17. The van der Waals surface area contributed by atoms with Crippen molar-refractivity contribution in [3.05, 3.63) is 81.3 Å². The summed E-state index contributed by atoms with van der Waals surface area (Å²) >= 11 is 1.60. The molecule has 0 fully saturated rings. The van der Waals surface area contributed by atoms with Gasteiger partial charge in [-0.15, -0.1) is 11.3 Å². The van der Waals surface area contributed by atoms with Gasteiger partial charge in [0.1, 0.15) is 12.3 Å². The van der Waals surface area contributed by atoms with Crippen molar-refractivity contribution in [2.24, 2.45) is 7.05 Å². The van der Waals surface area contributed by atoms with Crippen LogP contribution in [0, 0.1) is 0 Å². The number of nitrogens with zero attached hydrogens (tertiary/aromatic N) is 3. The predicted molar refractivity (Wildman–Crippen MR) is 104 cm³/mol. The lowest BCUT2D eigenvalue weighted by Gasteiger charge is -2.21. The molecule has 3 heterocycles. The molecule has 3 aromatic heterocycles. The lowest BCUT2D eigenvalue weighted by Crippen LogP contribution is -2.35. The number of benzene rings is 1. The van der Waals surface area contributed by atoms with Gasteiger partial charge in [-0.2, -0.15) is 0 Å². The van der Waals surface area contributed by atoms with Crippen LogP contribution in [0.15, 0.2) is 69.4 Å². The van der Waals surface area contributed by atoms with Gasteiger partial charge in [0.25, 0.3) is 0 Å². The van der Waals surface area contributed by atoms with E-state index in [-0.39, 0.29) is 18.1 Å². The largest absolute Gasteiger partial charge is 0.467 e. The van der Waals surface area contributed by atoms with Crippen LogP contribution in [-0.4, -0.2) is 19.9 Å². The molecule has 0 N–H and O–H groups in total. The minimum atomic E-state index is -0.196. The number of imidazole rings is 1. The van der Waals surface area contributed by atoms with Crippen LogP contribution in [0.3, 0.4) is 0 Å². The van der Waals surface area contributed by atoms with Crippen molar-refractivity contribution >= 4 is 28.3 Å². The second-order valence-corrected chi connectivity index (χ2v) is 7.36. The number of rotatable bonds is 6. The standard InChI is InChI=1S/C20H19N3O3S/c1-21-17-8-2-3-9-18(17)23(20(21)25)14-19(24)22(12-15-6-4-10-26-15)13-16-7-5-11-27-16/h2-11H,12-14H2,1H3. The topological polar surface area (TPSA) is 60.4 Å². The highest BCUT2D eigenvalue weighted by Gasteiger charge is 2.20. The number of furan rings is 1. The number of aryl methyl sites for hydroxylation is 1. The molecule has 4 rings (SSSR count). The number of carbonyl (C=O) groups excluding carboxylic acids is 1. The summed E-state index contributed by atoms with van der Waals surface area (Å²) in [5.74, 6) is 0.587. The van der Waals surface area contributed by atoms with E-state index in [0.29, 0.717) is 18.8 Å². The maximum atomic E-state index is 13.1. The summed E-state index contributed by atoms with van der Waals surface area (Å²) in [6, 6.07) is 15.1. The van der Waals surface area contributed by atoms with Crippen LogP contribution < -0.4 is 5.69 Å². The SMILES string of the molecule is Cn1c(=O)n(CC(=O)N(Cc2ccco2)Cc2cccs2)c2ccccc21. The van der Waals surface area contributed by atoms with Crippen LogP contribution in [0.5, 0.6) is 0 Å². The predicted octanol–water partition coefficient (Wildman–Crippen LogP) is 3.22. The highest BCUT2D eigenvalue weighted by atomic mass is 32.1. The number of hydrogen-bond donors (Lipinski definition) is 0. The number of thiophene rings is 1. The Bertz CT molecular complexity index is 1070. The van der Waals surface area contributed by atoms with Gasteiger partial charge < -0.3 is 9.32 Å². The molecule has 0 aliphatic carbocycles. The number of aromatic nitrogens is 2. The van der Waals surface area contributed by atoms with Gasteiger partial charge in [0, 0.05) is 11.9 Å². The molecular formula is C20H19N3O3S.